The molecule has 0 aliphatic heterocycles. The molecule has 0 aliphatic carbocycles. The van der Waals surface area contributed by atoms with Crippen molar-refractivity contribution in [3.63, 3.8) is 0 Å². The van der Waals surface area contributed by atoms with Crippen molar-refractivity contribution in [1.82, 2.24) is 9.55 Å². The lowest BCUT2D eigenvalue weighted by Crippen LogP contribution is -2.00. The van der Waals surface area contributed by atoms with Crippen molar-refractivity contribution < 1.29 is 0 Å². The monoisotopic (exact) mass is 400 g/mol. The van der Waals surface area contributed by atoms with Crippen LogP contribution in [0.2, 0.25) is 0 Å². The van der Waals surface area contributed by atoms with Gasteiger partial charge in [0.2, 0.25) is 0 Å². The maximum atomic E-state index is 4.76. The molecule has 3 heteroatoms. The Morgan fingerprint density at radius 1 is 0.731 bits per heavy atom. The van der Waals surface area contributed by atoms with Crippen molar-refractivity contribution in [2.24, 2.45) is 0 Å². The van der Waals surface area contributed by atoms with Crippen LogP contribution in [0, 0.1) is 0 Å². The summed E-state index contributed by atoms with van der Waals surface area (Å²) >= 11 is 3.55. The van der Waals surface area contributed by atoms with Crippen LogP contribution in [-0.4, -0.2) is 9.55 Å². The minimum atomic E-state index is 0.972. The fourth-order valence-corrected chi connectivity index (χ4v) is 3.56. The minimum Gasteiger partial charge on any atom is -0.297 e. The van der Waals surface area contributed by atoms with Gasteiger partial charge in [-0.1, -0.05) is 107 Å². The van der Waals surface area contributed by atoms with Gasteiger partial charge >= 0.3 is 0 Å². The zero-order valence-electron chi connectivity index (χ0n) is 14.1. The van der Waals surface area contributed by atoms with E-state index in [4.69, 9.17) is 4.98 Å². The molecule has 0 saturated carbocycles. The smallest absolute Gasteiger partial charge is 0.100 e. The van der Waals surface area contributed by atoms with Crippen molar-refractivity contribution in [3.8, 4) is 22.5 Å². The Labute approximate surface area is 161 Å². The van der Waals surface area contributed by atoms with Crippen molar-refractivity contribution in [2.75, 3.05) is 0 Å². The fourth-order valence-electron chi connectivity index (χ4n) is 3.07. The third-order valence-electron chi connectivity index (χ3n) is 4.29. The number of hydrogen-bond donors (Lipinski definition) is 0. The van der Waals surface area contributed by atoms with Crippen LogP contribution in [-0.2, 0) is 0 Å². The molecule has 0 spiro atoms. The molecule has 4 aromatic rings. The molecule has 0 amide bonds. The van der Waals surface area contributed by atoms with Crippen LogP contribution in [0.25, 0.3) is 28.2 Å². The van der Waals surface area contributed by atoms with E-state index in [0.717, 1.165) is 33.8 Å². The highest BCUT2D eigenvalue weighted by Crippen LogP contribution is 2.34. The second kappa shape index (κ2) is 7.54. The molecule has 0 fully saturated rings. The Hall–Kier alpha value is -2.91. The van der Waals surface area contributed by atoms with Gasteiger partial charge in [0.15, 0.2) is 0 Å². The second-order valence-electron chi connectivity index (χ2n) is 5.90. The van der Waals surface area contributed by atoms with Crippen LogP contribution in [0.3, 0.4) is 0 Å². The van der Waals surface area contributed by atoms with Gasteiger partial charge in [0, 0.05) is 16.1 Å². The van der Waals surface area contributed by atoms with Gasteiger partial charge in [0.1, 0.15) is 6.33 Å². The number of imidazole rings is 1. The number of benzene rings is 3. The summed E-state index contributed by atoms with van der Waals surface area (Å²) in [6.07, 6.45) is 1.89. The summed E-state index contributed by atoms with van der Waals surface area (Å²) in [4.78, 5) is 6.71. The van der Waals surface area contributed by atoms with E-state index in [0.29, 0.717) is 0 Å². The number of halogens is 1. The molecule has 0 unspecified atom stereocenters. The van der Waals surface area contributed by atoms with Crippen molar-refractivity contribution in [2.45, 2.75) is 0 Å². The van der Waals surface area contributed by atoms with Crippen LogP contribution in [0.1, 0.15) is 5.56 Å². The highest BCUT2D eigenvalue weighted by Gasteiger charge is 2.17. The molecule has 0 N–H and O–H groups in total. The molecule has 1 aromatic heterocycles. The SMILES string of the molecule is Br/C=C(/c1ccccc1)n1cnc(-c2ccccc2)c1-c1ccccc1. The molecule has 0 saturated heterocycles. The highest BCUT2D eigenvalue weighted by molar-refractivity contribution is 9.11. The lowest BCUT2D eigenvalue weighted by atomic mass is 10.0. The van der Waals surface area contributed by atoms with Gasteiger partial charge in [0.05, 0.1) is 17.1 Å². The largest absolute Gasteiger partial charge is 0.297 e. The lowest BCUT2D eigenvalue weighted by Gasteiger charge is -2.14. The lowest BCUT2D eigenvalue weighted by molar-refractivity contribution is 1.10. The van der Waals surface area contributed by atoms with Gasteiger partial charge in [-0.2, -0.15) is 0 Å². The Balaban J connectivity index is 1.95. The van der Waals surface area contributed by atoms with Gasteiger partial charge in [-0.15, -0.1) is 0 Å². The van der Waals surface area contributed by atoms with Gasteiger partial charge in [-0.3, -0.25) is 4.57 Å². The zero-order valence-corrected chi connectivity index (χ0v) is 15.7. The molecule has 3 aromatic carbocycles. The molecule has 2 nitrogen and oxygen atoms in total. The molecule has 1 heterocycles. The summed E-state index contributed by atoms with van der Waals surface area (Å²) in [6, 6.07) is 31.0. The molecular formula is C23H17BrN2. The summed E-state index contributed by atoms with van der Waals surface area (Å²) in [5.41, 5.74) is 6.45. The van der Waals surface area contributed by atoms with Crippen LogP contribution in [0.5, 0.6) is 0 Å². The third-order valence-corrected chi connectivity index (χ3v) is 4.73. The predicted octanol–water partition coefficient (Wildman–Crippen LogP) is 6.46. The van der Waals surface area contributed by atoms with E-state index in [2.05, 4.69) is 69.0 Å². The van der Waals surface area contributed by atoms with E-state index in [1.54, 1.807) is 0 Å². The Morgan fingerprint density at radius 2 is 1.27 bits per heavy atom. The first-order chi connectivity index (χ1) is 12.9. The van der Waals surface area contributed by atoms with Gasteiger partial charge in [-0.05, 0) is 5.56 Å². The van der Waals surface area contributed by atoms with E-state index in [1.807, 2.05) is 53.8 Å². The van der Waals surface area contributed by atoms with Crippen molar-refractivity contribution in [3.05, 3.63) is 108 Å². The van der Waals surface area contributed by atoms with Gasteiger partial charge in [0.25, 0.3) is 0 Å². The molecular weight excluding hydrogens is 384 g/mol. The molecule has 26 heavy (non-hydrogen) atoms. The summed E-state index contributed by atoms with van der Waals surface area (Å²) in [5.74, 6) is 0. The standard InChI is InChI=1S/C23H17BrN2/c24-16-21(18-10-4-1-5-11-18)26-17-25-22(19-12-6-2-7-13-19)23(26)20-14-8-3-9-15-20/h1-17H/b21-16-. The maximum Gasteiger partial charge on any atom is 0.100 e. The summed E-state index contributed by atoms with van der Waals surface area (Å²) in [6.45, 7) is 0. The third kappa shape index (κ3) is 3.14. The van der Waals surface area contributed by atoms with Crippen molar-refractivity contribution in [1.29, 1.82) is 0 Å². The quantitative estimate of drug-likeness (QED) is 0.384. The Bertz CT molecular complexity index is 1020. The molecule has 0 aliphatic rings. The fraction of sp³-hybridized carbons (Fsp3) is 0. The maximum absolute atomic E-state index is 4.76. The van der Waals surface area contributed by atoms with E-state index in [9.17, 15) is 0 Å². The first-order valence-corrected chi connectivity index (χ1v) is 9.34. The molecule has 4 rings (SSSR count). The summed E-state index contributed by atoms with van der Waals surface area (Å²) in [5, 5.41) is 0. The molecule has 0 bridgehead atoms. The first kappa shape index (κ1) is 16.6. The van der Waals surface area contributed by atoms with Gasteiger partial charge < -0.3 is 0 Å². The second-order valence-corrected chi connectivity index (χ2v) is 6.36. The van der Waals surface area contributed by atoms with Crippen molar-refractivity contribution >= 4 is 21.6 Å². The average Bonchev–Trinajstić information content (AvgIpc) is 3.15. The van der Waals surface area contributed by atoms with Crippen LogP contribution < -0.4 is 0 Å². The average molecular weight is 401 g/mol. The van der Waals surface area contributed by atoms with Crippen LogP contribution in [0.4, 0.5) is 0 Å². The Kier molecular flexibility index (Phi) is 4.80. The molecule has 0 radical (unpaired) electrons. The summed E-state index contributed by atoms with van der Waals surface area (Å²) < 4.78 is 2.14. The normalized spacial score (nSPS) is 11.5. The zero-order chi connectivity index (χ0) is 17.8. The van der Waals surface area contributed by atoms with E-state index in [1.165, 1.54) is 0 Å². The number of rotatable bonds is 4. The predicted molar refractivity (Wildman–Crippen MR) is 112 cm³/mol. The van der Waals surface area contributed by atoms with E-state index >= 15 is 0 Å². The number of aromatic nitrogens is 2. The van der Waals surface area contributed by atoms with E-state index in [-0.39, 0.29) is 0 Å². The van der Waals surface area contributed by atoms with Gasteiger partial charge in [-0.25, -0.2) is 4.98 Å². The molecule has 0 atom stereocenters. The van der Waals surface area contributed by atoms with Crippen LogP contribution >= 0.6 is 15.9 Å². The first-order valence-electron chi connectivity index (χ1n) is 8.43. The Morgan fingerprint density at radius 3 is 1.85 bits per heavy atom. The van der Waals surface area contributed by atoms with E-state index < -0.39 is 0 Å². The highest BCUT2D eigenvalue weighted by atomic mass is 79.9. The summed E-state index contributed by atoms with van der Waals surface area (Å²) in [7, 11) is 0. The minimum absolute atomic E-state index is 0.972. The number of nitrogens with zero attached hydrogens (tertiary/aromatic N) is 2. The number of hydrogen-bond acceptors (Lipinski definition) is 1. The topological polar surface area (TPSA) is 17.8 Å². The molecule has 126 valence electrons. The van der Waals surface area contributed by atoms with Crippen LogP contribution in [0.15, 0.2) is 102 Å².